The summed E-state index contributed by atoms with van der Waals surface area (Å²) in [5.41, 5.74) is 2.79. The first-order valence-electron chi connectivity index (χ1n) is 9.06. The maximum Gasteiger partial charge on any atom is 0.309 e. The van der Waals surface area contributed by atoms with Crippen molar-refractivity contribution < 1.29 is 17.9 Å². The highest BCUT2D eigenvalue weighted by atomic mass is 32.2. The highest BCUT2D eigenvalue weighted by Gasteiger charge is 2.37. The lowest BCUT2D eigenvalue weighted by Gasteiger charge is -2.26. The minimum absolute atomic E-state index is 0.171. The van der Waals surface area contributed by atoms with E-state index in [0.29, 0.717) is 24.4 Å². The van der Waals surface area contributed by atoms with Crippen LogP contribution in [0.3, 0.4) is 0 Å². The van der Waals surface area contributed by atoms with Gasteiger partial charge in [-0.1, -0.05) is 28.8 Å². The SMILES string of the molecule is Cc1ccc(S(=O)(=O)N2CC3=C(C[C@H](C(=O)OC(C)(C)C)CC3)C2)cc1. The summed E-state index contributed by atoms with van der Waals surface area (Å²) in [5, 5.41) is 0. The van der Waals surface area contributed by atoms with Crippen molar-refractivity contribution in [1.29, 1.82) is 0 Å². The van der Waals surface area contributed by atoms with Crippen LogP contribution in [0.5, 0.6) is 0 Å². The van der Waals surface area contributed by atoms with E-state index in [1.807, 2.05) is 39.8 Å². The Morgan fingerprint density at radius 3 is 2.35 bits per heavy atom. The summed E-state index contributed by atoms with van der Waals surface area (Å²) in [6, 6.07) is 6.95. The van der Waals surface area contributed by atoms with Crippen molar-refractivity contribution >= 4 is 16.0 Å². The molecule has 1 aromatic carbocycles. The molecular formula is C20H27NO4S. The zero-order valence-corrected chi connectivity index (χ0v) is 16.7. The van der Waals surface area contributed by atoms with E-state index in [1.54, 1.807) is 12.1 Å². The fourth-order valence-corrected chi connectivity index (χ4v) is 4.96. The third-order valence-electron chi connectivity index (χ3n) is 4.92. The first kappa shape index (κ1) is 19.1. The van der Waals surface area contributed by atoms with Gasteiger partial charge in [0.2, 0.25) is 10.0 Å². The Morgan fingerprint density at radius 2 is 1.73 bits per heavy atom. The minimum atomic E-state index is -3.50. The Labute approximate surface area is 156 Å². The van der Waals surface area contributed by atoms with Gasteiger partial charge in [0.15, 0.2) is 0 Å². The van der Waals surface area contributed by atoms with Gasteiger partial charge in [-0.3, -0.25) is 4.79 Å². The number of sulfonamides is 1. The Balaban J connectivity index is 1.70. The average molecular weight is 378 g/mol. The van der Waals surface area contributed by atoms with E-state index in [0.717, 1.165) is 24.0 Å². The number of hydrogen-bond donors (Lipinski definition) is 0. The second kappa shape index (κ2) is 6.82. The van der Waals surface area contributed by atoms with Crippen LogP contribution in [-0.4, -0.2) is 37.4 Å². The van der Waals surface area contributed by atoms with Crippen molar-refractivity contribution in [1.82, 2.24) is 4.31 Å². The molecule has 0 radical (unpaired) electrons. The number of carbonyl (C=O) groups is 1. The Hall–Kier alpha value is -1.66. The summed E-state index contributed by atoms with van der Waals surface area (Å²) in [5.74, 6) is -0.348. The van der Waals surface area contributed by atoms with Crippen LogP contribution >= 0.6 is 0 Å². The highest BCUT2D eigenvalue weighted by Crippen LogP contribution is 2.37. The lowest BCUT2D eigenvalue weighted by molar-refractivity contribution is -0.160. The van der Waals surface area contributed by atoms with E-state index in [9.17, 15) is 13.2 Å². The van der Waals surface area contributed by atoms with Crippen molar-refractivity contribution in [2.45, 2.75) is 57.5 Å². The van der Waals surface area contributed by atoms with Crippen LogP contribution in [0, 0.1) is 12.8 Å². The van der Waals surface area contributed by atoms with Gasteiger partial charge in [-0.25, -0.2) is 8.42 Å². The molecule has 0 spiro atoms. The summed E-state index contributed by atoms with van der Waals surface area (Å²) in [7, 11) is -3.50. The second-order valence-electron chi connectivity index (χ2n) is 8.27. The molecule has 1 aliphatic carbocycles. The second-order valence-corrected chi connectivity index (χ2v) is 10.2. The van der Waals surface area contributed by atoms with Gasteiger partial charge in [0.25, 0.3) is 0 Å². The molecule has 0 saturated heterocycles. The van der Waals surface area contributed by atoms with Gasteiger partial charge in [-0.05, 0) is 59.1 Å². The van der Waals surface area contributed by atoms with Gasteiger partial charge in [0.05, 0.1) is 10.8 Å². The molecular weight excluding hydrogens is 350 g/mol. The first-order chi connectivity index (χ1) is 12.1. The van der Waals surface area contributed by atoms with E-state index in [1.165, 1.54) is 9.88 Å². The molecule has 6 heteroatoms. The topological polar surface area (TPSA) is 63.7 Å². The van der Waals surface area contributed by atoms with E-state index in [2.05, 4.69) is 0 Å². The Kier molecular flexibility index (Phi) is 5.01. The number of aryl methyl sites for hydroxylation is 1. The smallest absolute Gasteiger partial charge is 0.309 e. The van der Waals surface area contributed by atoms with Gasteiger partial charge in [-0.15, -0.1) is 0 Å². The summed E-state index contributed by atoms with van der Waals surface area (Å²) < 4.78 is 32.8. The fourth-order valence-electron chi connectivity index (χ4n) is 3.53. The van der Waals surface area contributed by atoms with Crippen molar-refractivity contribution in [2.75, 3.05) is 13.1 Å². The largest absolute Gasteiger partial charge is 0.460 e. The molecule has 0 N–H and O–H groups in total. The number of esters is 1. The molecule has 1 atom stereocenters. The molecule has 0 amide bonds. The summed E-state index contributed by atoms with van der Waals surface area (Å²) >= 11 is 0. The molecule has 0 aromatic heterocycles. The van der Waals surface area contributed by atoms with E-state index >= 15 is 0 Å². The van der Waals surface area contributed by atoms with E-state index < -0.39 is 15.6 Å². The van der Waals surface area contributed by atoms with E-state index in [4.69, 9.17) is 4.74 Å². The van der Waals surface area contributed by atoms with Gasteiger partial charge >= 0.3 is 5.97 Å². The summed E-state index contributed by atoms with van der Waals surface area (Å²) in [6.07, 6.45) is 2.09. The Bertz CT molecular complexity index is 832. The zero-order valence-electron chi connectivity index (χ0n) is 15.9. The molecule has 142 valence electrons. The molecule has 1 aromatic rings. The molecule has 0 bridgehead atoms. The average Bonchev–Trinajstić information content (AvgIpc) is 2.97. The van der Waals surface area contributed by atoms with Crippen LogP contribution in [0.2, 0.25) is 0 Å². The zero-order chi connectivity index (χ0) is 19.1. The maximum absolute atomic E-state index is 12.9. The lowest BCUT2D eigenvalue weighted by Crippen LogP contribution is -2.30. The van der Waals surface area contributed by atoms with Gasteiger partial charge in [0.1, 0.15) is 5.60 Å². The predicted molar refractivity (Wildman–Crippen MR) is 100 cm³/mol. The van der Waals surface area contributed by atoms with Crippen molar-refractivity contribution in [2.24, 2.45) is 5.92 Å². The molecule has 3 rings (SSSR count). The van der Waals surface area contributed by atoms with Gasteiger partial charge in [0, 0.05) is 13.1 Å². The molecule has 0 unspecified atom stereocenters. The van der Waals surface area contributed by atoms with Crippen LogP contribution in [0.15, 0.2) is 40.3 Å². The number of hydrogen-bond acceptors (Lipinski definition) is 4. The molecule has 2 aliphatic rings. The molecule has 5 nitrogen and oxygen atoms in total. The maximum atomic E-state index is 12.9. The molecule has 0 fully saturated rings. The number of ether oxygens (including phenoxy) is 1. The number of nitrogens with zero attached hydrogens (tertiary/aromatic N) is 1. The Morgan fingerprint density at radius 1 is 1.12 bits per heavy atom. The monoisotopic (exact) mass is 377 g/mol. The lowest BCUT2D eigenvalue weighted by atomic mass is 9.85. The standard InChI is InChI=1S/C20H27NO4S/c1-14-5-9-18(10-6-14)26(23,24)21-12-16-8-7-15(11-17(16)13-21)19(22)25-20(2,3)4/h5-6,9-10,15H,7-8,11-13H2,1-4H3/t15-/m1/s1. The number of carbonyl (C=O) groups excluding carboxylic acids is 1. The normalized spacial score (nSPS) is 21.6. The van der Waals surface area contributed by atoms with Crippen molar-refractivity contribution in [3.8, 4) is 0 Å². The van der Waals surface area contributed by atoms with Crippen molar-refractivity contribution in [3.05, 3.63) is 41.0 Å². The predicted octanol–water partition coefficient (Wildman–Crippen LogP) is 3.44. The van der Waals surface area contributed by atoms with Crippen molar-refractivity contribution in [3.63, 3.8) is 0 Å². The molecule has 0 saturated carbocycles. The van der Waals surface area contributed by atoms with E-state index in [-0.39, 0.29) is 11.9 Å². The number of rotatable bonds is 3. The summed E-state index contributed by atoms with van der Waals surface area (Å²) in [4.78, 5) is 12.7. The molecule has 1 aliphatic heterocycles. The third-order valence-corrected chi connectivity index (χ3v) is 6.73. The quantitative estimate of drug-likeness (QED) is 0.598. The van der Waals surface area contributed by atoms with Crippen LogP contribution in [0.4, 0.5) is 0 Å². The van der Waals surface area contributed by atoms with Crippen LogP contribution in [-0.2, 0) is 19.6 Å². The minimum Gasteiger partial charge on any atom is -0.460 e. The highest BCUT2D eigenvalue weighted by molar-refractivity contribution is 7.89. The molecule has 26 heavy (non-hydrogen) atoms. The van der Waals surface area contributed by atoms with Gasteiger partial charge in [-0.2, -0.15) is 4.31 Å². The fraction of sp³-hybridized carbons (Fsp3) is 0.550. The van der Waals surface area contributed by atoms with Crippen LogP contribution in [0.25, 0.3) is 0 Å². The summed E-state index contributed by atoms with van der Waals surface area (Å²) in [6.45, 7) is 8.35. The molecule has 1 heterocycles. The van der Waals surface area contributed by atoms with Crippen LogP contribution in [0.1, 0.15) is 45.6 Å². The van der Waals surface area contributed by atoms with Crippen LogP contribution < -0.4 is 0 Å². The first-order valence-corrected chi connectivity index (χ1v) is 10.5. The number of benzene rings is 1. The van der Waals surface area contributed by atoms with Gasteiger partial charge < -0.3 is 4.74 Å². The third kappa shape index (κ3) is 4.01.